The molecule has 1 aliphatic heterocycles. The molecule has 0 aromatic heterocycles. The van der Waals surface area contributed by atoms with Crippen molar-refractivity contribution in [2.45, 2.75) is 5.60 Å². The van der Waals surface area contributed by atoms with Crippen LogP contribution in [0.2, 0.25) is 0 Å². The monoisotopic (exact) mass is 248 g/mol. The molecule has 2 aromatic rings. The average Bonchev–Trinajstić information content (AvgIpc) is 3.28. The molecular formula is C18H16O. The van der Waals surface area contributed by atoms with Crippen LogP contribution in [-0.2, 0) is 10.3 Å². The fourth-order valence-electron chi connectivity index (χ4n) is 2.61. The molecule has 0 saturated carbocycles. The van der Waals surface area contributed by atoms with Crippen LogP contribution in [0.25, 0.3) is 12.2 Å². The maximum atomic E-state index is 5.86. The molecule has 1 heteroatoms. The van der Waals surface area contributed by atoms with Crippen molar-refractivity contribution < 1.29 is 4.74 Å². The van der Waals surface area contributed by atoms with Crippen molar-refractivity contribution in [2.75, 3.05) is 6.61 Å². The van der Waals surface area contributed by atoms with Gasteiger partial charge in [-0.1, -0.05) is 73.8 Å². The van der Waals surface area contributed by atoms with Crippen LogP contribution in [0.4, 0.5) is 0 Å². The second-order valence-electron chi connectivity index (χ2n) is 4.70. The first-order valence-electron chi connectivity index (χ1n) is 6.39. The molecule has 0 radical (unpaired) electrons. The zero-order chi connectivity index (χ0) is 13.3. The zero-order valence-electron chi connectivity index (χ0n) is 10.8. The highest BCUT2D eigenvalue weighted by Gasteiger charge is 2.49. The predicted molar refractivity (Wildman–Crippen MR) is 79.8 cm³/mol. The summed E-state index contributed by atoms with van der Waals surface area (Å²) in [5.41, 5.74) is 4.28. The van der Waals surface area contributed by atoms with Crippen molar-refractivity contribution >= 4 is 12.2 Å². The SMILES string of the molecule is C=Cc1ccccc1C1(c2ccccc2C=C)CO1. The zero-order valence-corrected chi connectivity index (χ0v) is 10.8. The molecule has 3 rings (SSSR count). The van der Waals surface area contributed by atoms with Crippen molar-refractivity contribution in [2.24, 2.45) is 0 Å². The van der Waals surface area contributed by atoms with Crippen LogP contribution in [0.1, 0.15) is 22.3 Å². The van der Waals surface area contributed by atoms with Gasteiger partial charge in [-0.05, 0) is 22.3 Å². The first-order valence-corrected chi connectivity index (χ1v) is 6.39. The first-order chi connectivity index (χ1) is 9.31. The fourth-order valence-corrected chi connectivity index (χ4v) is 2.61. The molecule has 0 atom stereocenters. The number of epoxide rings is 1. The Morgan fingerprint density at radius 2 is 1.26 bits per heavy atom. The van der Waals surface area contributed by atoms with Crippen molar-refractivity contribution in [3.05, 3.63) is 83.9 Å². The third-order valence-corrected chi connectivity index (χ3v) is 3.66. The minimum Gasteiger partial charge on any atom is -0.359 e. The summed E-state index contributed by atoms with van der Waals surface area (Å²) in [6.07, 6.45) is 3.77. The summed E-state index contributed by atoms with van der Waals surface area (Å²) < 4.78 is 5.86. The van der Waals surface area contributed by atoms with E-state index in [1.807, 2.05) is 36.4 Å². The van der Waals surface area contributed by atoms with Crippen molar-refractivity contribution in [3.8, 4) is 0 Å². The van der Waals surface area contributed by atoms with Crippen LogP contribution in [-0.4, -0.2) is 6.61 Å². The summed E-state index contributed by atoms with van der Waals surface area (Å²) in [5.74, 6) is 0. The molecule has 0 bridgehead atoms. The van der Waals surface area contributed by atoms with Crippen LogP contribution < -0.4 is 0 Å². The lowest BCUT2D eigenvalue weighted by molar-refractivity contribution is 0.348. The van der Waals surface area contributed by atoms with Gasteiger partial charge in [-0.2, -0.15) is 0 Å². The molecule has 1 fully saturated rings. The number of ether oxygens (including phenoxy) is 1. The Balaban J connectivity index is 2.18. The minimum absolute atomic E-state index is 0.324. The lowest BCUT2D eigenvalue weighted by Gasteiger charge is -2.18. The maximum Gasteiger partial charge on any atom is 0.143 e. The fraction of sp³-hybridized carbons (Fsp3) is 0.111. The summed E-state index contributed by atoms with van der Waals surface area (Å²) in [5, 5.41) is 0. The molecule has 0 N–H and O–H groups in total. The molecule has 0 spiro atoms. The Morgan fingerprint density at radius 1 is 0.842 bits per heavy atom. The van der Waals surface area contributed by atoms with Gasteiger partial charge in [0.1, 0.15) is 5.60 Å². The van der Waals surface area contributed by atoms with Crippen LogP contribution >= 0.6 is 0 Å². The largest absolute Gasteiger partial charge is 0.359 e. The van der Waals surface area contributed by atoms with Crippen LogP contribution in [0.3, 0.4) is 0 Å². The third-order valence-electron chi connectivity index (χ3n) is 3.66. The topological polar surface area (TPSA) is 12.5 Å². The van der Waals surface area contributed by atoms with Gasteiger partial charge < -0.3 is 4.74 Å². The predicted octanol–water partition coefficient (Wildman–Crippen LogP) is 4.25. The van der Waals surface area contributed by atoms with E-state index in [1.54, 1.807) is 0 Å². The molecule has 19 heavy (non-hydrogen) atoms. The lowest BCUT2D eigenvalue weighted by Crippen LogP contribution is -2.14. The van der Waals surface area contributed by atoms with Gasteiger partial charge in [-0.15, -0.1) is 0 Å². The van der Waals surface area contributed by atoms with Gasteiger partial charge in [0.2, 0.25) is 0 Å². The summed E-state index contributed by atoms with van der Waals surface area (Å²) >= 11 is 0. The van der Waals surface area contributed by atoms with Gasteiger partial charge in [-0.25, -0.2) is 0 Å². The number of rotatable bonds is 4. The highest BCUT2D eigenvalue weighted by atomic mass is 16.6. The van der Waals surface area contributed by atoms with E-state index in [9.17, 15) is 0 Å². The molecule has 2 aromatic carbocycles. The summed E-state index contributed by atoms with van der Waals surface area (Å²) in [4.78, 5) is 0. The van der Waals surface area contributed by atoms with E-state index in [0.717, 1.165) is 11.1 Å². The summed E-state index contributed by atoms with van der Waals surface area (Å²) in [6, 6.07) is 16.5. The van der Waals surface area contributed by atoms with Gasteiger partial charge in [0, 0.05) is 0 Å². The summed E-state index contributed by atoms with van der Waals surface area (Å²) in [7, 11) is 0. The van der Waals surface area contributed by atoms with E-state index in [0.29, 0.717) is 6.61 Å². The van der Waals surface area contributed by atoms with Crippen LogP contribution in [0, 0.1) is 0 Å². The van der Waals surface area contributed by atoms with E-state index >= 15 is 0 Å². The van der Waals surface area contributed by atoms with Gasteiger partial charge in [0.25, 0.3) is 0 Å². The Morgan fingerprint density at radius 3 is 1.63 bits per heavy atom. The van der Waals surface area contributed by atoms with Crippen molar-refractivity contribution in [3.63, 3.8) is 0 Å². The second kappa shape index (κ2) is 4.52. The molecule has 94 valence electrons. The van der Waals surface area contributed by atoms with Crippen molar-refractivity contribution in [1.82, 2.24) is 0 Å². The van der Waals surface area contributed by atoms with E-state index < -0.39 is 0 Å². The molecule has 0 amide bonds. The van der Waals surface area contributed by atoms with E-state index in [1.165, 1.54) is 11.1 Å². The molecule has 1 saturated heterocycles. The standard InChI is InChI=1S/C18H16O/c1-3-14-9-5-7-11-16(14)18(13-19-18)17-12-8-6-10-15(17)4-2/h3-12H,1-2,13H2. The van der Waals surface area contributed by atoms with Gasteiger partial charge in [0.15, 0.2) is 0 Å². The third kappa shape index (κ3) is 1.83. The van der Waals surface area contributed by atoms with Gasteiger partial charge >= 0.3 is 0 Å². The highest BCUT2D eigenvalue weighted by Crippen LogP contribution is 2.47. The van der Waals surface area contributed by atoms with Gasteiger partial charge in [-0.3, -0.25) is 0 Å². The molecule has 1 heterocycles. The Kier molecular flexibility index (Phi) is 2.84. The quantitative estimate of drug-likeness (QED) is 0.737. The Labute approximate surface area is 113 Å². The molecule has 0 unspecified atom stereocenters. The lowest BCUT2D eigenvalue weighted by atomic mass is 9.86. The Bertz CT molecular complexity index is 582. The maximum absolute atomic E-state index is 5.86. The second-order valence-corrected chi connectivity index (χ2v) is 4.70. The Hall–Kier alpha value is -2.12. The van der Waals surface area contributed by atoms with E-state index in [4.69, 9.17) is 4.74 Å². The molecule has 0 aliphatic carbocycles. The van der Waals surface area contributed by atoms with E-state index in [-0.39, 0.29) is 5.60 Å². The number of hydrogen-bond donors (Lipinski definition) is 0. The van der Waals surface area contributed by atoms with Gasteiger partial charge in [0.05, 0.1) is 6.61 Å². The minimum atomic E-state index is -0.324. The van der Waals surface area contributed by atoms with Crippen LogP contribution in [0.15, 0.2) is 61.7 Å². The van der Waals surface area contributed by atoms with E-state index in [2.05, 4.69) is 37.4 Å². The smallest absolute Gasteiger partial charge is 0.143 e. The highest BCUT2D eigenvalue weighted by molar-refractivity contribution is 5.62. The molecular weight excluding hydrogens is 232 g/mol. The average molecular weight is 248 g/mol. The molecule has 1 nitrogen and oxygen atoms in total. The number of hydrogen-bond acceptors (Lipinski definition) is 1. The van der Waals surface area contributed by atoms with Crippen LogP contribution in [0.5, 0.6) is 0 Å². The number of benzene rings is 2. The molecule has 1 aliphatic rings. The normalized spacial score (nSPS) is 15.8. The van der Waals surface area contributed by atoms with Crippen molar-refractivity contribution in [1.29, 1.82) is 0 Å². The first kappa shape index (κ1) is 11.9. The summed E-state index contributed by atoms with van der Waals surface area (Å²) in [6.45, 7) is 8.50.